The zero-order valence-electron chi connectivity index (χ0n) is 18.3. The maximum absolute atomic E-state index is 14.8. The summed E-state index contributed by atoms with van der Waals surface area (Å²) in [5.74, 6) is -3.00. The van der Waals surface area contributed by atoms with E-state index < -0.39 is 28.3 Å². The SMILES string of the molecule is CC1CCN(c2cc(N3CCN(C(=O)c4cccc(F)c4F)CC3)c([N+](=O)[O-])cc2F)CC1. The topological polar surface area (TPSA) is 69.9 Å². The molecule has 0 atom stereocenters. The number of amides is 1. The van der Waals surface area contributed by atoms with Crippen molar-refractivity contribution in [2.45, 2.75) is 19.8 Å². The molecule has 176 valence electrons. The number of nitrogens with zero attached hydrogens (tertiary/aromatic N) is 4. The molecule has 7 nitrogen and oxygen atoms in total. The van der Waals surface area contributed by atoms with Gasteiger partial charge in [0.2, 0.25) is 0 Å². The Kier molecular flexibility index (Phi) is 6.44. The number of piperidine rings is 1. The third-order valence-corrected chi connectivity index (χ3v) is 6.45. The molecule has 0 N–H and O–H groups in total. The fourth-order valence-electron chi connectivity index (χ4n) is 4.42. The summed E-state index contributed by atoms with van der Waals surface area (Å²) in [5, 5.41) is 11.6. The highest BCUT2D eigenvalue weighted by Crippen LogP contribution is 2.37. The van der Waals surface area contributed by atoms with Gasteiger partial charge in [-0.25, -0.2) is 13.2 Å². The molecule has 0 spiro atoms. The van der Waals surface area contributed by atoms with Gasteiger partial charge < -0.3 is 14.7 Å². The summed E-state index contributed by atoms with van der Waals surface area (Å²) < 4.78 is 42.3. The predicted molar refractivity (Wildman–Crippen MR) is 118 cm³/mol. The third-order valence-electron chi connectivity index (χ3n) is 6.45. The average Bonchev–Trinajstić information content (AvgIpc) is 2.81. The Morgan fingerprint density at radius 1 is 0.939 bits per heavy atom. The smallest absolute Gasteiger partial charge is 0.295 e. The van der Waals surface area contributed by atoms with Gasteiger partial charge in [0.05, 0.1) is 22.2 Å². The molecule has 0 aromatic heterocycles. The zero-order chi connectivity index (χ0) is 23.7. The lowest BCUT2D eigenvalue weighted by molar-refractivity contribution is -0.384. The molecule has 0 bridgehead atoms. The van der Waals surface area contributed by atoms with Gasteiger partial charge >= 0.3 is 0 Å². The normalized spacial score (nSPS) is 17.4. The summed E-state index contributed by atoms with van der Waals surface area (Å²) in [4.78, 5) is 28.7. The molecule has 0 unspecified atom stereocenters. The van der Waals surface area contributed by atoms with Gasteiger partial charge in [0.15, 0.2) is 17.5 Å². The molecule has 0 saturated carbocycles. The second kappa shape index (κ2) is 9.29. The van der Waals surface area contributed by atoms with E-state index in [-0.39, 0.29) is 37.4 Å². The highest BCUT2D eigenvalue weighted by atomic mass is 19.2. The van der Waals surface area contributed by atoms with E-state index in [1.165, 1.54) is 23.1 Å². The number of rotatable bonds is 4. The number of anilines is 2. The Morgan fingerprint density at radius 3 is 2.21 bits per heavy atom. The molecule has 0 radical (unpaired) electrons. The lowest BCUT2D eigenvalue weighted by Gasteiger charge is -2.37. The molecule has 2 heterocycles. The number of hydrogen-bond donors (Lipinski definition) is 0. The maximum Gasteiger partial charge on any atom is 0.295 e. The fourth-order valence-corrected chi connectivity index (χ4v) is 4.42. The summed E-state index contributed by atoms with van der Waals surface area (Å²) in [5.41, 5.74) is -0.0581. The van der Waals surface area contributed by atoms with Crippen molar-refractivity contribution in [2.75, 3.05) is 49.1 Å². The Hall–Kier alpha value is -3.30. The minimum Gasteiger partial charge on any atom is -0.369 e. The van der Waals surface area contributed by atoms with E-state index in [9.17, 15) is 28.1 Å². The van der Waals surface area contributed by atoms with Crippen LogP contribution in [-0.2, 0) is 0 Å². The van der Waals surface area contributed by atoms with Crippen LogP contribution in [0.15, 0.2) is 30.3 Å². The van der Waals surface area contributed by atoms with Gasteiger partial charge in [-0.3, -0.25) is 14.9 Å². The van der Waals surface area contributed by atoms with Gasteiger partial charge in [-0.2, -0.15) is 0 Å². The van der Waals surface area contributed by atoms with Gasteiger partial charge in [0.1, 0.15) is 5.69 Å². The van der Waals surface area contributed by atoms with Crippen LogP contribution in [0.1, 0.15) is 30.1 Å². The number of nitro benzene ring substituents is 1. The van der Waals surface area contributed by atoms with Crippen molar-refractivity contribution in [3.05, 3.63) is 63.5 Å². The van der Waals surface area contributed by atoms with Crippen LogP contribution in [0.4, 0.5) is 30.2 Å². The average molecular weight is 462 g/mol. The Labute approximate surface area is 189 Å². The minimum atomic E-state index is -1.19. The van der Waals surface area contributed by atoms with E-state index in [1.807, 2.05) is 4.90 Å². The van der Waals surface area contributed by atoms with Crippen LogP contribution in [0, 0.1) is 33.5 Å². The summed E-state index contributed by atoms with van der Waals surface area (Å²) in [6.45, 7) is 4.32. The largest absolute Gasteiger partial charge is 0.369 e. The lowest BCUT2D eigenvalue weighted by atomic mass is 9.98. The fraction of sp³-hybridized carbons (Fsp3) is 0.435. The molecule has 0 aliphatic carbocycles. The number of hydrogen-bond acceptors (Lipinski definition) is 5. The van der Waals surface area contributed by atoms with Crippen molar-refractivity contribution < 1.29 is 22.9 Å². The first-order valence-electron chi connectivity index (χ1n) is 11.0. The molecule has 2 aromatic carbocycles. The lowest BCUT2D eigenvalue weighted by Crippen LogP contribution is -2.49. The van der Waals surface area contributed by atoms with E-state index in [4.69, 9.17) is 0 Å². The van der Waals surface area contributed by atoms with Gasteiger partial charge in [-0.1, -0.05) is 13.0 Å². The zero-order valence-corrected chi connectivity index (χ0v) is 18.3. The van der Waals surface area contributed by atoms with Crippen LogP contribution in [0.2, 0.25) is 0 Å². The first-order chi connectivity index (χ1) is 15.8. The summed E-state index contributed by atoms with van der Waals surface area (Å²) in [6, 6.07) is 5.92. The van der Waals surface area contributed by atoms with Crippen LogP contribution < -0.4 is 9.80 Å². The quantitative estimate of drug-likeness (QED) is 0.503. The molecular formula is C23H25F3N4O3. The van der Waals surface area contributed by atoms with Gasteiger partial charge in [-0.15, -0.1) is 0 Å². The van der Waals surface area contributed by atoms with E-state index >= 15 is 0 Å². The highest BCUT2D eigenvalue weighted by Gasteiger charge is 2.30. The molecule has 2 aromatic rings. The van der Waals surface area contributed by atoms with Crippen LogP contribution in [-0.4, -0.2) is 55.0 Å². The molecule has 1 amide bonds. The van der Waals surface area contributed by atoms with Crippen LogP contribution in [0.5, 0.6) is 0 Å². The van der Waals surface area contributed by atoms with Crippen LogP contribution >= 0.6 is 0 Å². The summed E-state index contributed by atoms with van der Waals surface area (Å²) in [7, 11) is 0. The second-order valence-corrected chi connectivity index (χ2v) is 8.60. The van der Waals surface area contributed by atoms with Crippen molar-refractivity contribution in [1.29, 1.82) is 0 Å². The number of carbonyl (C=O) groups excluding carboxylic acids is 1. The first-order valence-corrected chi connectivity index (χ1v) is 11.0. The molecule has 33 heavy (non-hydrogen) atoms. The number of piperazine rings is 1. The molecule has 10 heteroatoms. The molecule has 2 aliphatic heterocycles. The Bertz CT molecular complexity index is 1070. The molecule has 2 aliphatic rings. The number of halogens is 3. The van der Waals surface area contributed by atoms with Crippen molar-refractivity contribution in [3.63, 3.8) is 0 Å². The van der Waals surface area contributed by atoms with E-state index in [0.717, 1.165) is 25.0 Å². The van der Waals surface area contributed by atoms with Crippen molar-refractivity contribution >= 4 is 23.0 Å². The number of benzene rings is 2. The standard InChI is InChI=1S/C23H25F3N4O3/c1-15-5-7-27(8-6-15)19-14-20(21(30(32)33)13-18(19)25)28-9-11-29(12-10-28)23(31)16-3-2-4-17(24)22(16)26/h2-4,13-15H,5-12H2,1H3. The Morgan fingerprint density at radius 2 is 1.58 bits per heavy atom. The number of carbonyl (C=O) groups is 1. The molecule has 4 rings (SSSR count). The predicted octanol–water partition coefficient (Wildman–Crippen LogP) is 4.21. The summed E-state index contributed by atoms with van der Waals surface area (Å²) >= 11 is 0. The highest BCUT2D eigenvalue weighted by molar-refractivity contribution is 5.94. The van der Waals surface area contributed by atoms with E-state index in [1.54, 1.807) is 4.90 Å². The van der Waals surface area contributed by atoms with Crippen molar-refractivity contribution in [2.24, 2.45) is 5.92 Å². The minimum absolute atomic E-state index is 0.167. The van der Waals surface area contributed by atoms with Crippen molar-refractivity contribution in [3.8, 4) is 0 Å². The van der Waals surface area contributed by atoms with E-state index in [0.29, 0.717) is 30.4 Å². The van der Waals surface area contributed by atoms with E-state index in [2.05, 4.69) is 6.92 Å². The molecule has 2 fully saturated rings. The second-order valence-electron chi connectivity index (χ2n) is 8.60. The maximum atomic E-state index is 14.8. The molecular weight excluding hydrogens is 437 g/mol. The summed E-state index contributed by atoms with van der Waals surface area (Å²) in [6.07, 6.45) is 1.84. The third kappa shape index (κ3) is 4.60. The van der Waals surface area contributed by atoms with Crippen molar-refractivity contribution in [1.82, 2.24) is 4.90 Å². The number of nitro groups is 1. The van der Waals surface area contributed by atoms with Gasteiger partial charge in [0, 0.05) is 39.3 Å². The van der Waals surface area contributed by atoms with Gasteiger partial charge in [0.25, 0.3) is 11.6 Å². The van der Waals surface area contributed by atoms with Crippen LogP contribution in [0.25, 0.3) is 0 Å². The Balaban J connectivity index is 1.54. The van der Waals surface area contributed by atoms with Gasteiger partial charge in [-0.05, 0) is 37.0 Å². The van der Waals surface area contributed by atoms with Crippen LogP contribution in [0.3, 0.4) is 0 Å². The first kappa shape index (κ1) is 22.9. The molecule has 2 saturated heterocycles. The monoisotopic (exact) mass is 462 g/mol.